The van der Waals surface area contributed by atoms with Gasteiger partial charge in [0.15, 0.2) is 11.5 Å². The number of carbonyl (C=O) groups excluding carboxylic acids is 1. The van der Waals surface area contributed by atoms with E-state index >= 15 is 0 Å². The molecule has 1 amide bonds. The summed E-state index contributed by atoms with van der Waals surface area (Å²) in [6, 6.07) is 4.03. The fourth-order valence-electron chi connectivity index (χ4n) is 3.06. The summed E-state index contributed by atoms with van der Waals surface area (Å²) in [7, 11) is 0. The molecule has 0 bridgehead atoms. The summed E-state index contributed by atoms with van der Waals surface area (Å²) in [6.07, 6.45) is 1.96. The summed E-state index contributed by atoms with van der Waals surface area (Å²) >= 11 is 4.52. The smallest absolute Gasteiger partial charge is 0.276 e. The van der Waals surface area contributed by atoms with E-state index in [-0.39, 0.29) is 39.9 Å². The Morgan fingerprint density at radius 3 is 2.84 bits per heavy atom. The van der Waals surface area contributed by atoms with Crippen molar-refractivity contribution < 1.29 is 19.0 Å². The molecule has 0 saturated carbocycles. The number of amides is 1. The monoisotopic (exact) mass is 545 g/mol. The van der Waals surface area contributed by atoms with Gasteiger partial charge in [0.2, 0.25) is 5.82 Å². The number of halogens is 3. The molecule has 4 rings (SSSR count). The highest BCUT2D eigenvalue weighted by molar-refractivity contribution is 9.10. The van der Waals surface area contributed by atoms with Gasteiger partial charge in [0.25, 0.3) is 5.91 Å². The molecule has 4 N–H and O–H groups in total. The van der Waals surface area contributed by atoms with Crippen LogP contribution in [0.15, 0.2) is 37.7 Å². The SMILES string of the molecule is Cl.O=C(Nc1nonc1C(=Nc1ccc(F)c(Br)c1)NO)c1csc(C2CCNCC2)n1. The second-order valence-electron chi connectivity index (χ2n) is 6.68. The Bertz CT molecular complexity index is 1120. The minimum Gasteiger partial charge on any atom is -0.317 e. The van der Waals surface area contributed by atoms with E-state index in [1.54, 1.807) is 5.38 Å². The maximum Gasteiger partial charge on any atom is 0.276 e. The number of nitrogens with one attached hydrogen (secondary N) is 3. The summed E-state index contributed by atoms with van der Waals surface area (Å²) in [5.41, 5.74) is 2.43. The van der Waals surface area contributed by atoms with Gasteiger partial charge in [-0.25, -0.2) is 19.0 Å². The maximum absolute atomic E-state index is 13.4. The highest BCUT2D eigenvalue weighted by Crippen LogP contribution is 2.28. The van der Waals surface area contributed by atoms with Crippen molar-refractivity contribution in [3.63, 3.8) is 0 Å². The van der Waals surface area contributed by atoms with Gasteiger partial charge in [-0.15, -0.1) is 23.7 Å². The molecule has 1 aliphatic rings. The molecule has 3 heterocycles. The van der Waals surface area contributed by atoms with Crippen LogP contribution in [0.3, 0.4) is 0 Å². The number of nitrogens with zero attached hydrogens (tertiary/aromatic N) is 4. The summed E-state index contributed by atoms with van der Waals surface area (Å²) in [5, 5.41) is 25.3. The number of benzene rings is 1. The molecule has 32 heavy (non-hydrogen) atoms. The first-order chi connectivity index (χ1) is 15.0. The molecule has 3 aromatic rings. The minimum absolute atomic E-state index is 0. The third-order valence-electron chi connectivity index (χ3n) is 4.64. The number of aliphatic imine (C=N–C) groups is 1. The molecule has 1 saturated heterocycles. The van der Waals surface area contributed by atoms with Crippen molar-refractivity contribution in [2.45, 2.75) is 18.8 Å². The Morgan fingerprint density at radius 1 is 1.34 bits per heavy atom. The molecule has 0 atom stereocenters. The van der Waals surface area contributed by atoms with Crippen LogP contribution in [0.25, 0.3) is 0 Å². The van der Waals surface area contributed by atoms with Crippen molar-refractivity contribution in [1.82, 2.24) is 26.1 Å². The van der Waals surface area contributed by atoms with Crippen molar-refractivity contribution in [2.24, 2.45) is 4.99 Å². The molecule has 0 aliphatic carbocycles. The van der Waals surface area contributed by atoms with Gasteiger partial charge in [0.1, 0.15) is 11.5 Å². The molecular formula is C18H18BrClFN7O3S. The topological polar surface area (TPSA) is 138 Å². The molecule has 0 radical (unpaired) electrons. The van der Waals surface area contributed by atoms with Gasteiger partial charge in [-0.1, -0.05) is 0 Å². The van der Waals surface area contributed by atoms with Gasteiger partial charge in [-0.05, 0) is 70.4 Å². The lowest BCUT2D eigenvalue weighted by Crippen LogP contribution is -2.26. The zero-order chi connectivity index (χ0) is 21.8. The van der Waals surface area contributed by atoms with Gasteiger partial charge in [-0.2, -0.15) is 0 Å². The summed E-state index contributed by atoms with van der Waals surface area (Å²) in [5.74, 6) is -0.813. The van der Waals surface area contributed by atoms with Gasteiger partial charge in [-0.3, -0.25) is 15.5 Å². The number of thiazole rings is 1. The van der Waals surface area contributed by atoms with Gasteiger partial charge >= 0.3 is 0 Å². The van der Waals surface area contributed by atoms with E-state index in [9.17, 15) is 14.4 Å². The van der Waals surface area contributed by atoms with E-state index in [1.807, 2.05) is 5.48 Å². The Labute approximate surface area is 200 Å². The molecule has 1 aromatic carbocycles. The van der Waals surface area contributed by atoms with Crippen molar-refractivity contribution >= 4 is 62.9 Å². The predicted octanol–water partition coefficient (Wildman–Crippen LogP) is 3.63. The van der Waals surface area contributed by atoms with Crippen LogP contribution >= 0.6 is 39.7 Å². The molecule has 1 fully saturated rings. The van der Waals surface area contributed by atoms with Gasteiger partial charge in [0.05, 0.1) is 15.2 Å². The Morgan fingerprint density at radius 2 is 2.12 bits per heavy atom. The molecule has 14 heteroatoms. The third-order valence-corrected chi connectivity index (χ3v) is 6.25. The van der Waals surface area contributed by atoms with Gasteiger partial charge < -0.3 is 10.6 Å². The fraction of sp³-hybridized carbons (Fsp3) is 0.278. The summed E-state index contributed by atoms with van der Waals surface area (Å²) < 4.78 is 18.3. The van der Waals surface area contributed by atoms with E-state index in [1.165, 1.54) is 29.5 Å². The van der Waals surface area contributed by atoms with Crippen molar-refractivity contribution in [1.29, 1.82) is 0 Å². The third kappa shape index (κ3) is 5.48. The van der Waals surface area contributed by atoms with Crippen LogP contribution in [0.2, 0.25) is 0 Å². The lowest BCUT2D eigenvalue weighted by Gasteiger charge is -2.20. The summed E-state index contributed by atoms with van der Waals surface area (Å²) in [4.78, 5) is 21.3. The number of carbonyl (C=O) groups is 1. The highest BCUT2D eigenvalue weighted by Gasteiger charge is 2.23. The average Bonchev–Trinajstić information content (AvgIpc) is 3.45. The molecule has 170 valence electrons. The Hall–Kier alpha value is -2.45. The number of piperidine rings is 1. The van der Waals surface area contributed by atoms with Crippen molar-refractivity contribution in [3.8, 4) is 0 Å². The molecule has 1 aliphatic heterocycles. The number of rotatable bonds is 5. The van der Waals surface area contributed by atoms with E-state index in [0.717, 1.165) is 30.9 Å². The molecule has 0 spiro atoms. The van der Waals surface area contributed by atoms with Crippen LogP contribution < -0.4 is 16.1 Å². The standard InChI is InChI=1S/C18H17BrFN7O3S.ClH/c19-11-7-10(1-2-12(11)20)22-15(25-29)14-16(27-30-26-14)24-17(28)13-8-31-18(23-13)9-3-5-21-6-4-9;/h1-2,7-9,21,29H,3-6H2,(H,22,25)(H,24,27,28);1H. The number of hydrogen-bond donors (Lipinski definition) is 4. The molecule has 0 unspecified atom stereocenters. The molecule has 2 aromatic heterocycles. The van der Waals surface area contributed by atoms with Crippen LogP contribution in [0, 0.1) is 5.82 Å². The molecule has 10 nitrogen and oxygen atoms in total. The zero-order valence-corrected chi connectivity index (χ0v) is 19.6. The number of hydrogen-bond acceptors (Lipinski definition) is 9. The van der Waals surface area contributed by atoms with E-state index in [2.05, 4.69) is 46.9 Å². The number of hydroxylamine groups is 1. The van der Waals surface area contributed by atoms with Crippen LogP contribution in [0.1, 0.15) is 39.9 Å². The first-order valence-corrected chi connectivity index (χ1v) is 11.0. The van der Waals surface area contributed by atoms with E-state index in [4.69, 9.17) is 4.63 Å². The van der Waals surface area contributed by atoms with Crippen molar-refractivity contribution in [2.75, 3.05) is 18.4 Å². The fourth-order valence-corrected chi connectivity index (χ4v) is 4.40. The normalized spacial score (nSPS) is 14.7. The minimum atomic E-state index is -0.491. The average molecular weight is 547 g/mol. The predicted molar refractivity (Wildman–Crippen MR) is 122 cm³/mol. The second kappa shape index (κ2) is 10.9. The largest absolute Gasteiger partial charge is 0.317 e. The Balaban J connectivity index is 0.00000289. The maximum atomic E-state index is 13.4. The second-order valence-corrected chi connectivity index (χ2v) is 8.43. The zero-order valence-electron chi connectivity index (χ0n) is 16.3. The van der Waals surface area contributed by atoms with E-state index in [0.29, 0.717) is 11.6 Å². The number of aromatic nitrogens is 3. The highest BCUT2D eigenvalue weighted by atomic mass is 79.9. The first kappa shape index (κ1) is 24.2. The van der Waals surface area contributed by atoms with Gasteiger partial charge in [0, 0.05) is 11.3 Å². The van der Waals surface area contributed by atoms with Crippen LogP contribution in [-0.2, 0) is 0 Å². The lowest BCUT2D eigenvalue weighted by molar-refractivity contribution is 0.102. The van der Waals surface area contributed by atoms with Crippen molar-refractivity contribution in [3.05, 3.63) is 50.3 Å². The van der Waals surface area contributed by atoms with Crippen LogP contribution in [0.4, 0.5) is 15.9 Å². The van der Waals surface area contributed by atoms with E-state index < -0.39 is 11.7 Å². The molecular weight excluding hydrogens is 529 g/mol. The van der Waals surface area contributed by atoms with Crippen LogP contribution in [0.5, 0.6) is 0 Å². The lowest BCUT2D eigenvalue weighted by atomic mass is 9.99. The number of amidine groups is 1. The number of anilines is 1. The first-order valence-electron chi connectivity index (χ1n) is 9.29. The summed E-state index contributed by atoms with van der Waals surface area (Å²) in [6.45, 7) is 1.86. The Kier molecular flexibility index (Phi) is 8.26. The van der Waals surface area contributed by atoms with Crippen LogP contribution in [-0.4, -0.2) is 45.3 Å². The quantitative estimate of drug-likeness (QED) is 0.216.